The summed E-state index contributed by atoms with van der Waals surface area (Å²) in [6, 6.07) is 0. The quantitative estimate of drug-likeness (QED) is 0.680. The van der Waals surface area contributed by atoms with Crippen molar-refractivity contribution in [3.8, 4) is 0 Å². The maximum Gasteiger partial charge on any atom is 0.0607 e. The minimum atomic E-state index is 0.538. The van der Waals surface area contributed by atoms with Crippen molar-refractivity contribution in [1.29, 1.82) is 0 Å². The Labute approximate surface area is 107 Å². The van der Waals surface area contributed by atoms with Crippen LogP contribution < -0.4 is 0 Å². The third-order valence-electron chi connectivity index (χ3n) is 5.61. The van der Waals surface area contributed by atoms with E-state index >= 15 is 0 Å². The van der Waals surface area contributed by atoms with Gasteiger partial charge in [-0.05, 0) is 36.5 Å². The molecular formula is C16H30O. The van der Waals surface area contributed by atoms with Gasteiger partial charge in [-0.3, -0.25) is 0 Å². The van der Waals surface area contributed by atoms with Crippen LogP contribution in [0.4, 0.5) is 0 Å². The van der Waals surface area contributed by atoms with Crippen molar-refractivity contribution in [3.05, 3.63) is 0 Å². The highest BCUT2D eigenvalue weighted by Crippen LogP contribution is 2.37. The second-order valence-corrected chi connectivity index (χ2v) is 6.75. The Morgan fingerprint density at radius 1 is 0.647 bits per heavy atom. The van der Waals surface area contributed by atoms with E-state index in [4.69, 9.17) is 4.74 Å². The summed E-state index contributed by atoms with van der Waals surface area (Å²) in [7, 11) is 0. The minimum Gasteiger partial charge on any atom is -0.374 e. The summed E-state index contributed by atoms with van der Waals surface area (Å²) in [5.74, 6) is 3.22. The Kier molecular flexibility index (Phi) is 4.52. The van der Waals surface area contributed by atoms with Crippen molar-refractivity contribution in [2.45, 2.75) is 78.4 Å². The van der Waals surface area contributed by atoms with Gasteiger partial charge in [0.15, 0.2) is 0 Å². The van der Waals surface area contributed by atoms with E-state index in [9.17, 15) is 0 Å². The zero-order chi connectivity index (χ0) is 12.4. The first-order chi connectivity index (χ1) is 8.09. The lowest BCUT2D eigenvalue weighted by Crippen LogP contribution is -2.39. The van der Waals surface area contributed by atoms with Gasteiger partial charge in [0.2, 0.25) is 0 Å². The summed E-state index contributed by atoms with van der Waals surface area (Å²) >= 11 is 0. The van der Waals surface area contributed by atoms with Crippen LogP contribution in [-0.2, 0) is 4.74 Å². The molecule has 1 heteroatoms. The highest BCUT2D eigenvalue weighted by Gasteiger charge is 2.34. The van der Waals surface area contributed by atoms with Crippen molar-refractivity contribution >= 4 is 0 Å². The Morgan fingerprint density at radius 2 is 1.06 bits per heavy atom. The van der Waals surface area contributed by atoms with Crippen molar-refractivity contribution in [3.63, 3.8) is 0 Å². The molecule has 0 aromatic rings. The Bertz CT molecular complexity index is 214. The van der Waals surface area contributed by atoms with Gasteiger partial charge in [0.1, 0.15) is 0 Å². The fraction of sp³-hybridized carbons (Fsp3) is 1.00. The molecule has 0 heterocycles. The molecule has 2 saturated carbocycles. The van der Waals surface area contributed by atoms with E-state index in [1.54, 1.807) is 0 Å². The van der Waals surface area contributed by atoms with Crippen LogP contribution in [0.2, 0.25) is 0 Å². The Hall–Kier alpha value is -0.0400. The predicted molar refractivity (Wildman–Crippen MR) is 73.0 cm³/mol. The predicted octanol–water partition coefficient (Wildman–Crippen LogP) is 4.65. The van der Waals surface area contributed by atoms with Crippen molar-refractivity contribution < 1.29 is 4.74 Å². The molecular weight excluding hydrogens is 208 g/mol. The molecule has 6 unspecified atom stereocenters. The van der Waals surface area contributed by atoms with Gasteiger partial charge in [0.05, 0.1) is 12.2 Å². The lowest BCUT2D eigenvalue weighted by molar-refractivity contribution is -0.107. The van der Waals surface area contributed by atoms with Crippen molar-refractivity contribution in [1.82, 2.24) is 0 Å². The largest absolute Gasteiger partial charge is 0.374 e. The molecule has 0 spiro atoms. The smallest absolute Gasteiger partial charge is 0.0607 e. The SMILES string of the molecule is CC1CCCC(OC2CCCC(C)C2C)C1C. The van der Waals surface area contributed by atoms with Gasteiger partial charge in [-0.15, -0.1) is 0 Å². The number of rotatable bonds is 2. The molecule has 17 heavy (non-hydrogen) atoms. The number of ether oxygens (including phenoxy) is 1. The fourth-order valence-corrected chi connectivity index (χ4v) is 3.67. The third kappa shape index (κ3) is 3.05. The van der Waals surface area contributed by atoms with Gasteiger partial charge < -0.3 is 4.74 Å². The van der Waals surface area contributed by atoms with Crippen LogP contribution in [0.5, 0.6) is 0 Å². The van der Waals surface area contributed by atoms with Crippen molar-refractivity contribution in [2.75, 3.05) is 0 Å². The summed E-state index contributed by atoms with van der Waals surface area (Å²) in [6.07, 6.45) is 9.20. The fourth-order valence-electron chi connectivity index (χ4n) is 3.67. The third-order valence-corrected chi connectivity index (χ3v) is 5.61. The van der Waals surface area contributed by atoms with Gasteiger partial charge >= 0.3 is 0 Å². The maximum atomic E-state index is 6.50. The molecule has 6 atom stereocenters. The average Bonchev–Trinajstić information content (AvgIpc) is 2.31. The van der Waals surface area contributed by atoms with E-state index in [0.717, 1.165) is 23.7 Å². The molecule has 0 N–H and O–H groups in total. The molecule has 0 aromatic heterocycles. The summed E-state index contributed by atoms with van der Waals surface area (Å²) in [4.78, 5) is 0. The normalized spacial score (nSPS) is 48.0. The summed E-state index contributed by atoms with van der Waals surface area (Å²) < 4.78 is 6.50. The zero-order valence-electron chi connectivity index (χ0n) is 12.1. The topological polar surface area (TPSA) is 9.23 Å². The highest BCUT2D eigenvalue weighted by molar-refractivity contribution is 4.83. The molecule has 2 fully saturated rings. The van der Waals surface area contributed by atoms with Crippen LogP contribution in [0.15, 0.2) is 0 Å². The first kappa shape index (κ1) is 13.4. The molecule has 100 valence electrons. The molecule has 2 aliphatic carbocycles. The molecule has 2 rings (SSSR count). The van der Waals surface area contributed by atoms with E-state index in [0.29, 0.717) is 12.2 Å². The van der Waals surface area contributed by atoms with Crippen LogP contribution in [-0.4, -0.2) is 12.2 Å². The van der Waals surface area contributed by atoms with Crippen molar-refractivity contribution in [2.24, 2.45) is 23.7 Å². The van der Waals surface area contributed by atoms with Gasteiger partial charge in [-0.25, -0.2) is 0 Å². The van der Waals surface area contributed by atoms with Gasteiger partial charge in [-0.2, -0.15) is 0 Å². The van der Waals surface area contributed by atoms with E-state index in [-0.39, 0.29) is 0 Å². The Morgan fingerprint density at radius 3 is 1.47 bits per heavy atom. The van der Waals surface area contributed by atoms with E-state index in [1.807, 2.05) is 0 Å². The van der Waals surface area contributed by atoms with E-state index < -0.39 is 0 Å². The molecule has 0 radical (unpaired) electrons. The Balaban J connectivity index is 1.90. The standard InChI is InChI=1S/C16H30O/c1-11-7-5-9-15(13(11)3)17-16-10-6-8-12(2)14(16)4/h11-16H,5-10H2,1-4H3. The first-order valence-corrected chi connectivity index (χ1v) is 7.75. The second kappa shape index (κ2) is 5.73. The lowest BCUT2D eigenvalue weighted by atomic mass is 9.77. The molecule has 0 bridgehead atoms. The molecule has 0 saturated heterocycles. The molecule has 0 aliphatic heterocycles. The van der Waals surface area contributed by atoms with E-state index in [2.05, 4.69) is 27.7 Å². The van der Waals surface area contributed by atoms with Crippen LogP contribution in [0, 0.1) is 23.7 Å². The summed E-state index contributed by atoms with van der Waals surface area (Å²) in [6.45, 7) is 9.58. The monoisotopic (exact) mass is 238 g/mol. The summed E-state index contributed by atoms with van der Waals surface area (Å²) in [5.41, 5.74) is 0. The summed E-state index contributed by atoms with van der Waals surface area (Å²) in [5, 5.41) is 0. The van der Waals surface area contributed by atoms with Gasteiger partial charge in [0, 0.05) is 0 Å². The van der Waals surface area contributed by atoms with Crippen LogP contribution in [0.25, 0.3) is 0 Å². The molecule has 2 aliphatic rings. The lowest BCUT2D eigenvalue weighted by Gasteiger charge is -2.41. The molecule has 1 nitrogen and oxygen atoms in total. The minimum absolute atomic E-state index is 0.538. The number of hydrogen-bond donors (Lipinski definition) is 0. The van der Waals surface area contributed by atoms with Gasteiger partial charge in [0.25, 0.3) is 0 Å². The number of hydrogen-bond acceptors (Lipinski definition) is 1. The zero-order valence-corrected chi connectivity index (χ0v) is 12.1. The maximum absolute atomic E-state index is 6.50. The highest BCUT2D eigenvalue weighted by atomic mass is 16.5. The second-order valence-electron chi connectivity index (χ2n) is 6.75. The van der Waals surface area contributed by atoms with E-state index in [1.165, 1.54) is 38.5 Å². The molecule has 0 aromatic carbocycles. The molecule has 0 amide bonds. The van der Waals surface area contributed by atoms with Crippen LogP contribution >= 0.6 is 0 Å². The average molecular weight is 238 g/mol. The van der Waals surface area contributed by atoms with Crippen LogP contribution in [0.3, 0.4) is 0 Å². The van der Waals surface area contributed by atoms with Gasteiger partial charge in [-0.1, -0.05) is 53.4 Å². The first-order valence-electron chi connectivity index (χ1n) is 7.75. The van der Waals surface area contributed by atoms with Crippen LogP contribution in [0.1, 0.15) is 66.2 Å².